The lowest BCUT2D eigenvalue weighted by atomic mass is 10.1. The van der Waals surface area contributed by atoms with Gasteiger partial charge in [0.15, 0.2) is 0 Å². The van der Waals surface area contributed by atoms with Gasteiger partial charge in [0.2, 0.25) is 0 Å². The van der Waals surface area contributed by atoms with Crippen LogP contribution in [0.15, 0.2) is 36.4 Å². The lowest BCUT2D eigenvalue weighted by Crippen LogP contribution is -2.32. The van der Waals surface area contributed by atoms with Gasteiger partial charge in [0.25, 0.3) is 0 Å². The average molecular weight is 281 g/mol. The molecule has 1 unspecified atom stereocenters. The van der Waals surface area contributed by atoms with Gasteiger partial charge in [-0.25, -0.2) is 0 Å². The molecule has 0 aromatic heterocycles. The van der Waals surface area contributed by atoms with E-state index in [-0.39, 0.29) is 7.43 Å². The number of carbonyl (C=O) groups is 1. The van der Waals surface area contributed by atoms with Gasteiger partial charge in [0.1, 0.15) is 18.4 Å². The molecule has 1 aromatic carbocycles. The van der Waals surface area contributed by atoms with E-state index < -0.39 is 12.0 Å². The molecule has 0 saturated heterocycles. The van der Waals surface area contributed by atoms with Crippen LogP contribution in [0.1, 0.15) is 33.8 Å². The number of carboxylic acids is 1. The van der Waals surface area contributed by atoms with E-state index in [4.69, 9.17) is 15.6 Å². The van der Waals surface area contributed by atoms with E-state index >= 15 is 0 Å². The maximum Gasteiger partial charge on any atom is 0.320 e. The molecule has 0 saturated carbocycles. The van der Waals surface area contributed by atoms with Gasteiger partial charge in [-0.15, -0.1) is 0 Å². The summed E-state index contributed by atoms with van der Waals surface area (Å²) < 4.78 is 5.42. The minimum atomic E-state index is -0.988. The highest BCUT2D eigenvalue weighted by Gasteiger charge is 2.11. The van der Waals surface area contributed by atoms with Gasteiger partial charge in [-0.2, -0.15) is 0 Å². The highest BCUT2D eigenvalue weighted by molar-refractivity contribution is 5.73. The van der Waals surface area contributed by atoms with Crippen molar-refractivity contribution in [3.63, 3.8) is 0 Å². The monoisotopic (exact) mass is 281 g/mol. The van der Waals surface area contributed by atoms with Crippen LogP contribution in [0.4, 0.5) is 0 Å². The third-order valence-electron chi connectivity index (χ3n) is 2.28. The van der Waals surface area contributed by atoms with Crippen molar-refractivity contribution in [1.82, 2.24) is 0 Å². The Bertz CT molecular complexity index is 385. The highest BCUT2D eigenvalue weighted by atomic mass is 16.5. The van der Waals surface area contributed by atoms with E-state index in [0.29, 0.717) is 13.0 Å². The summed E-state index contributed by atoms with van der Waals surface area (Å²) in [5.74, 6) is -0.228. The number of carboxylic acid groups (broad SMARTS) is 1. The average Bonchev–Trinajstić information content (AvgIpc) is 2.43. The van der Waals surface area contributed by atoms with Gasteiger partial charge in [-0.05, 0) is 31.0 Å². The maximum atomic E-state index is 10.6. The fourth-order valence-electron chi connectivity index (χ4n) is 1.30. The van der Waals surface area contributed by atoms with Crippen molar-refractivity contribution in [2.75, 3.05) is 6.61 Å². The molecule has 0 fully saturated rings. The highest BCUT2D eigenvalue weighted by Crippen LogP contribution is 2.13. The number of hydrogen-bond acceptors (Lipinski definition) is 3. The Morgan fingerprint density at radius 2 is 1.90 bits per heavy atom. The zero-order valence-electron chi connectivity index (χ0n) is 11.8. The van der Waals surface area contributed by atoms with Gasteiger partial charge in [-0.3, -0.25) is 4.79 Å². The molecular weight excluding hydrogens is 254 g/mol. The summed E-state index contributed by atoms with van der Waals surface area (Å²) >= 11 is 0. The van der Waals surface area contributed by atoms with Crippen molar-refractivity contribution < 1.29 is 14.6 Å². The number of benzene rings is 1. The molecule has 0 aliphatic heterocycles. The molecule has 0 aliphatic rings. The summed E-state index contributed by atoms with van der Waals surface area (Å²) in [5, 5.41) is 8.68. The number of rotatable bonds is 6. The summed E-state index contributed by atoms with van der Waals surface area (Å²) in [4.78, 5) is 10.6. The summed E-state index contributed by atoms with van der Waals surface area (Å²) in [6, 6.07) is 6.42. The standard InChI is InChI=1S/C13H17NO3.C2H6.CH4/c1-2-3-8-17-11-6-4-10(5-7-11)9-12(14)13(15)16;1-2;/h2-7,12H,8-9,14H2,1H3,(H,15,16);1-2H3;1H4/b3-2+;;. The van der Waals surface area contributed by atoms with Crippen LogP contribution in [0, 0.1) is 0 Å². The number of nitrogens with two attached hydrogens (primary N) is 1. The number of ether oxygens (including phenoxy) is 1. The van der Waals surface area contributed by atoms with E-state index in [1.54, 1.807) is 0 Å². The van der Waals surface area contributed by atoms with Gasteiger partial charge in [0, 0.05) is 0 Å². The van der Waals surface area contributed by atoms with E-state index in [0.717, 1.165) is 11.3 Å². The molecule has 1 aromatic rings. The van der Waals surface area contributed by atoms with E-state index in [1.165, 1.54) is 0 Å². The zero-order valence-corrected chi connectivity index (χ0v) is 11.8. The van der Waals surface area contributed by atoms with Gasteiger partial charge < -0.3 is 15.6 Å². The predicted molar refractivity (Wildman–Crippen MR) is 84.1 cm³/mol. The third kappa shape index (κ3) is 8.32. The van der Waals surface area contributed by atoms with Crippen LogP contribution in [0.5, 0.6) is 5.75 Å². The maximum absolute atomic E-state index is 10.6. The van der Waals surface area contributed by atoms with Crippen molar-refractivity contribution in [3.8, 4) is 5.75 Å². The quantitative estimate of drug-likeness (QED) is 0.785. The normalized spacial score (nSPS) is 11.0. The first-order chi connectivity index (χ1) is 9.13. The first-order valence-corrected chi connectivity index (χ1v) is 6.44. The van der Waals surface area contributed by atoms with Crippen molar-refractivity contribution in [3.05, 3.63) is 42.0 Å². The molecule has 3 N–H and O–H groups in total. The molecule has 0 amide bonds. The SMILES string of the molecule is C.C/C=C/COc1ccc(CC(N)C(=O)O)cc1.CC. The first-order valence-electron chi connectivity index (χ1n) is 6.44. The lowest BCUT2D eigenvalue weighted by Gasteiger charge is -2.07. The Hall–Kier alpha value is -1.81. The van der Waals surface area contributed by atoms with Crippen LogP contribution in [-0.4, -0.2) is 23.7 Å². The number of hydrogen-bond donors (Lipinski definition) is 2. The van der Waals surface area contributed by atoms with Gasteiger partial charge in [-0.1, -0.05) is 45.6 Å². The molecule has 0 spiro atoms. The summed E-state index contributed by atoms with van der Waals surface area (Å²) in [6.07, 6.45) is 4.15. The molecule has 4 nitrogen and oxygen atoms in total. The molecule has 0 aliphatic carbocycles. The van der Waals surface area contributed by atoms with E-state index in [9.17, 15) is 4.79 Å². The largest absolute Gasteiger partial charge is 0.490 e. The van der Waals surface area contributed by atoms with Crippen LogP contribution in [0.25, 0.3) is 0 Å². The fraction of sp³-hybridized carbons (Fsp3) is 0.438. The van der Waals surface area contributed by atoms with Gasteiger partial charge in [0.05, 0.1) is 0 Å². The second-order valence-electron chi connectivity index (χ2n) is 3.67. The molecular formula is C16H27NO3. The molecule has 20 heavy (non-hydrogen) atoms. The molecule has 114 valence electrons. The van der Waals surface area contributed by atoms with Crippen LogP contribution < -0.4 is 10.5 Å². The Morgan fingerprint density at radius 1 is 1.35 bits per heavy atom. The Balaban J connectivity index is 0. The van der Waals surface area contributed by atoms with Gasteiger partial charge >= 0.3 is 5.97 Å². The third-order valence-corrected chi connectivity index (χ3v) is 2.28. The second-order valence-corrected chi connectivity index (χ2v) is 3.67. The number of allylic oxidation sites excluding steroid dienone is 1. The summed E-state index contributed by atoms with van der Waals surface area (Å²) in [7, 11) is 0. The van der Waals surface area contributed by atoms with Crippen molar-refractivity contribution in [2.24, 2.45) is 5.73 Å². The smallest absolute Gasteiger partial charge is 0.320 e. The van der Waals surface area contributed by atoms with Crippen LogP contribution in [0.3, 0.4) is 0 Å². The summed E-state index contributed by atoms with van der Waals surface area (Å²) in [5.41, 5.74) is 6.33. The predicted octanol–water partition coefficient (Wildman–Crippen LogP) is 3.26. The van der Waals surface area contributed by atoms with Crippen molar-refractivity contribution >= 4 is 5.97 Å². The number of aliphatic carboxylic acids is 1. The molecule has 0 bridgehead atoms. The molecule has 1 rings (SSSR count). The molecule has 0 heterocycles. The molecule has 0 radical (unpaired) electrons. The topological polar surface area (TPSA) is 72.5 Å². The van der Waals surface area contributed by atoms with E-state index in [1.807, 2.05) is 57.2 Å². The van der Waals surface area contributed by atoms with Crippen molar-refractivity contribution in [2.45, 2.75) is 40.7 Å². The minimum absolute atomic E-state index is 0. The minimum Gasteiger partial charge on any atom is -0.490 e. The van der Waals surface area contributed by atoms with Crippen LogP contribution >= 0.6 is 0 Å². The van der Waals surface area contributed by atoms with Crippen molar-refractivity contribution in [1.29, 1.82) is 0 Å². The Labute approximate surface area is 122 Å². The van der Waals surface area contributed by atoms with Crippen LogP contribution in [-0.2, 0) is 11.2 Å². The molecule has 1 atom stereocenters. The molecule has 4 heteroatoms. The zero-order chi connectivity index (χ0) is 14.7. The Kier molecular flexibility index (Phi) is 12.5. The van der Waals surface area contributed by atoms with E-state index in [2.05, 4.69) is 0 Å². The Morgan fingerprint density at radius 3 is 2.35 bits per heavy atom. The summed E-state index contributed by atoms with van der Waals surface area (Å²) in [6.45, 7) is 6.46. The van der Waals surface area contributed by atoms with Crippen LogP contribution in [0.2, 0.25) is 0 Å². The first kappa shape index (κ1) is 20.5. The second kappa shape index (κ2) is 12.2. The fourth-order valence-corrected chi connectivity index (χ4v) is 1.30. The lowest BCUT2D eigenvalue weighted by molar-refractivity contribution is -0.138.